The molecule has 0 bridgehead atoms. The van der Waals surface area contributed by atoms with Crippen molar-refractivity contribution in [3.05, 3.63) is 99.5 Å². The summed E-state index contributed by atoms with van der Waals surface area (Å²) < 4.78 is 4.06. The highest BCUT2D eigenvalue weighted by Gasteiger charge is 2.25. The van der Waals surface area contributed by atoms with E-state index < -0.39 is 0 Å². The molecule has 0 fully saturated rings. The maximum Gasteiger partial charge on any atom is 0.274 e. The molecule has 4 aromatic rings. The van der Waals surface area contributed by atoms with E-state index in [-0.39, 0.29) is 5.56 Å². The third-order valence-electron chi connectivity index (χ3n) is 8.37. The van der Waals surface area contributed by atoms with E-state index in [4.69, 9.17) is 4.98 Å². The lowest BCUT2D eigenvalue weighted by atomic mass is 9.98. The molecule has 5 heterocycles. The van der Waals surface area contributed by atoms with Gasteiger partial charge in [0.05, 0.1) is 12.2 Å². The Morgan fingerprint density at radius 1 is 0.897 bits per heavy atom. The molecule has 0 spiro atoms. The van der Waals surface area contributed by atoms with Crippen molar-refractivity contribution in [1.82, 2.24) is 19.0 Å². The van der Waals surface area contributed by atoms with Gasteiger partial charge >= 0.3 is 0 Å². The highest BCUT2D eigenvalue weighted by Crippen LogP contribution is 2.39. The van der Waals surface area contributed by atoms with Crippen molar-refractivity contribution in [3.63, 3.8) is 0 Å². The Bertz CT molecular complexity index is 1650. The van der Waals surface area contributed by atoms with E-state index in [0.717, 1.165) is 61.4 Å². The van der Waals surface area contributed by atoms with E-state index in [1.807, 2.05) is 37.5 Å². The summed E-state index contributed by atoms with van der Waals surface area (Å²) in [5.41, 5.74) is 9.97. The van der Waals surface area contributed by atoms with Gasteiger partial charge in [-0.3, -0.25) is 4.79 Å². The van der Waals surface area contributed by atoms with Crippen LogP contribution in [-0.4, -0.2) is 32.6 Å². The number of hydrogen-bond donors (Lipinski definition) is 1. The van der Waals surface area contributed by atoms with Crippen molar-refractivity contribution in [2.75, 3.05) is 23.8 Å². The van der Waals surface area contributed by atoms with E-state index in [2.05, 4.69) is 63.4 Å². The molecule has 7 nitrogen and oxygen atoms in total. The predicted molar refractivity (Wildman–Crippen MR) is 157 cm³/mol. The molecule has 0 amide bonds. The van der Waals surface area contributed by atoms with Gasteiger partial charge in [-0.15, -0.1) is 0 Å². The van der Waals surface area contributed by atoms with Gasteiger partial charge in [-0.05, 0) is 61.6 Å². The summed E-state index contributed by atoms with van der Waals surface area (Å²) in [5.74, 6) is 0.709. The summed E-state index contributed by atoms with van der Waals surface area (Å²) >= 11 is 0. The Kier molecular flexibility index (Phi) is 5.89. The van der Waals surface area contributed by atoms with Gasteiger partial charge in [-0.1, -0.05) is 36.4 Å². The number of pyridine rings is 2. The molecular weight excluding hydrogens is 484 g/mol. The summed E-state index contributed by atoms with van der Waals surface area (Å²) in [7, 11) is 3.97. The molecule has 0 radical (unpaired) electrons. The third kappa shape index (κ3) is 4.27. The average molecular weight is 519 g/mol. The van der Waals surface area contributed by atoms with E-state index in [1.54, 1.807) is 4.57 Å². The number of nitrogens with one attached hydrogen (secondary N) is 1. The van der Waals surface area contributed by atoms with Crippen molar-refractivity contribution in [2.45, 2.75) is 45.2 Å². The number of benzene rings is 1. The van der Waals surface area contributed by atoms with Crippen LogP contribution in [0.4, 0.5) is 17.2 Å². The molecule has 0 saturated carbocycles. The summed E-state index contributed by atoms with van der Waals surface area (Å²) in [6.07, 6.45) is 12.1. The molecule has 2 aliphatic heterocycles. The van der Waals surface area contributed by atoms with Crippen molar-refractivity contribution in [2.24, 2.45) is 7.05 Å². The lowest BCUT2D eigenvalue weighted by Crippen LogP contribution is -2.28. The molecule has 0 unspecified atom stereocenters. The molecular formula is C32H34N6O. The summed E-state index contributed by atoms with van der Waals surface area (Å²) in [6, 6.07) is 16.7. The van der Waals surface area contributed by atoms with Gasteiger partial charge < -0.3 is 24.3 Å². The fourth-order valence-corrected chi connectivity index (χ4v) is 6.34. The minimum absolute atomic E-state index is 0.0725. The van der Waals surface area contributed by atoms with Crippen LogP contribution in [0.2, 0.25) is 0 Å². The Labute approximate surface area is 229 Å². The first-order valence-corrected chi connectivity index (χ1v) is 14.0. The molecule has 0 saturated heterocycles. The first-order chi connectivity index (χ1) is 19.0. The molecule has 39 heavy (non-hydrogen) atoms. The SMILES string of the molecule is CN1CCc2nc(Nc3c(-c4ccccc4)c(N4C=Cn5c(cc6c5CCCC6)C4)cn(C)c3=O)ccc2C1. The van der Waals surface area contributed by atoms with Gasteiger partial charge in [0.2, 0.25) is 0 Å². The summed E-state index contributed by atoms with van der Waals surface area (Å²) in [4.78, 5) is 23.2. The van der Waals surface area contributed by atoms with Crippen molar-refractivity contribution in [3.8, 4) is 11.1 Å². The van der Waals surface area contributed by atoms with E-state index >= 15 is 0 Å². The van der Waals surface area contributed by atoms with Gasteiger partial charge in [-0.2, -0.15) is 0 Å². The highest BCUT2D eigenvalue weighted by molar-refractivity contribution is 5.90. The van der Waals surface area contributed by atoms with Crippen LogP contribution >= 0.6 is 0 Å². The van der Waals surface area contributed by atoms with Crippen LogP contribution in [0.1, 0.15) is 41.1 Å². The standard InChI is InChI=1S/C32H34N6O/c1-35-15-14-26-24(19-35)12-13-29(33-26)34-31-30(22-8-4-3-5-9-22)28(21-36(2)32(31)39)37-16-17-38-25(20-37)18-23-10-6-7-11-27(23)38/h3-5,8-9,12-13,16-18,21H,6-7,10-11,14-15,19-20H2,1-2H3,(H,33,34). The van der Waals surface area contributed by atoms with Gasteiger partial charge in [0.25, 0.3) is 5.56 Å². The van der Waals surface area contributed by atoms with Gasteiger partial charge in [-0.25, -0.2) is 4.98 Å². The fraction of sp³-hybridized carbons (Fsp3) is 0.312. The van der Waals surface area contributed by atoms with Crippen molar-refractivity contribution >= 4 is 23.4 Å². The van der Waals surface area contributed by atoms with E-state index in [9.17, 15) is 4.79 Å². The highest BCUT2D eigenvalue weighted by atomic mass is 16.1. The lowest BCUT2D eigenvalue weighted by molar-refractivity contribution is 0.310. The first kappa shape index (κ1) is 24.0. The smallest absolute Gasteiger partial charge is 0.274 e. The summed E-state index contributed by atoms with van der Waals surface area (Å²) in [5, 5.41) is 3.47. The molecule has 198 valence electrons. The van der Waals surface area contributed by atoms with E-state index in [0.29, 0.717) is 11.5 Å². The molecule has 3 aromatic heterocycles. The maximum atomic E-state index is 13.7. The van der Waals surface area contributed by atoms with Crippen LogP contribution in [0.15, 0.2) is 65.7 Å². The zero-order chi connectivity index (χ0) is 26.5. The predicted octanol–water partition coefficient (Wildman–Crippen LogP) is 5.31. The number of aromatic nitrogens is 3. The lowest BCUT2D eigenvalue weighted by Gasteiger charge is -2.29. The fourth-order valence-electron chi connectivity index (χ4n) is 6.34. The topological polar surface area (TPSA) is 58.3 Å². The Hall–Kier alpha value is -4.10. The maximum absolute atomic E-state index is 13.7. The normalized spacial score (nSPS) is 16.5. The van der Waals surface area contributed by atoms with Gasteiger partial charge in [0.15, 0.2) is 0 Å². The monoisotopic (exact) mass is 518 g/mol. The Balaban J connectivity index is 1.33. The number of aryl methyl sites for hydroxylation is 2. The van der Waals surface area contributed by atoms with Crippen molar-refractivity contribution in [1.29, 1.82) is 0 Å². The second-order valence-electron chi connectivity index (χ2n) is 11.1. The van der Waals surface area contributed by atoms with E-state index in [1.165, 1.54) is 35.4 Å². The zero-order valence-electron chi connectivity index (χ0n) is 22.7. The molecule has 3 aliphatic rings. The molecule has 1 aromatic carbocycles. The van der Waals surface area contributed by atoms with Gasteiger partial charge in [0.1, 0.15) is 11.5 Å². The van der Waals surface area contributed by atoms with Crippen LogP contribution in [-0.2, 0) is 39.4 Å². The number of hydrogen-bond acceptors (Lipinski definition) is 5. The van der Waals surface area contributed by atoms with Crippen molar-refractivity contribution < 1.29 is 0 Å². The second kappa shape index (κ2) is 9.58. The Morgan fingerprint density at radius 2 is 1.74 bits per heavy atom. The molecule has 1 aliphatic carbocycles. The number of fused-ring (bicyclic) bond motifs is 4. The van der Waals surface area contributed by atoms with Crippen LogP contribution in [0.5, 0.6) is 0 Å². The zero-order valence-corrected chi connectivity index (χ0v) is 22.7. The molecule has 7 rings (SSSR count). The molecule has 1 N–H and O–H groups in total. The second-order valence-corrected chi connectivity index (χ2v) is 11.1. The molecule has 0 atom stereocenters. The Morgan fingerprint density at radius 3 is 2.62 bits per heavy atom. The quantitative estimate of drug-likeness (QED) is 0.397. The number of rotatable bonds is 4. The number of likely N-dealkylation sites (N-methyl/N-ethyl adjacent to an activating group) is 1. The molecule has 7 heteroatoms. The third-order valence-corrected chi connectivity index (χ3v) is 8.37. The minimum atomic E-state index is -0.0725. The van der Waals surface area contributed by atoms with Crippen LogP contribution < -0.4 is 15.8 Å². The number of nitrogens with zero attached hydrogens (tertiary/aromatic N) is 5. The van der Waals surface area contributed by atoms with Crippen LogP contribution in [0, 0.1) is 0 Å². The van der Waals surface area contributed by atoms with Crippen LogP contribution in [0.25, 0.3) is 17.3 Å². The minimum Gasteiger partial charge on any atom is -0.339 e. The van der Waals surface area contributed by atoms with Crippen LogP contribution in [0.3, 0.4) is 0 Å². The largest absolute Gasteiger partial charge is 0.339 e. The first-order valence-electron chi connectivity index (χ1n) is 14.0. The summed E-state index contributed by atoms with van der Waals surface area (Å²) in [6.45, 7) is 2.65. The number of anilines is 3. The van der Waals surface area contributed by atoms with Gasteiger partial charge in [0, 0.05) is 67.8 Å². The average Bonchev–Trinajstić information content (AvgIpc) is 3.34.